The fourth-order valence-corrected chi connectivity index (χ4v) is 4.47. The van der Waals surface area contributed by atoms with E-state index < -0.39 is 0 Å². The van der Waals surface area contributed by atoms with E-state index in [2.05, 4.69) is 32.1 Å². The standard InChI is InChI=1S/C21H25N7/c1-2-16-13-24-18-14-25-21(26-20(18)28(16)17-5-3-4-6-17)27-12-11-23-19(27)15-7-9-22-10-8-15/h7-12,14,16-17,24H,2-6,13H2,1H3. The summed E-state index contributed by atoms with van der Waals surface area (Å²) in [4.78, 5) is 20.9. The zero-order chi connectivity index (χ0) is 18.9. The van der Waals surface area contributed by atoms with E-state index in [1.54, 1.807) is 18.6 Å². The molecule has 0 bridgehead atoms. The van der Waals surface area contributed by atoms with Crippen LogP contribution in [0.1, 0.15) is 39.0 Å². The number of nitrogens with zero attached hydrogens (tertiary/aromatic N) is 6. The molecule has 28 heavy (non-hydrogen) atoms. The smallest absolute Gasteiger partial charge is 0.237 e. The Labute approximate surface area is 164 Å². The third kappa shape index (κ3) is 2.91. The Balaban J connectivity index is 1.58. The number of anilines is 2. The fourth-order valence-electron chi connectivity index (χ4n) is 4.47. The molecular weight excluding hydrogens is 350 g/mol. The van der Waals surface area contributed by atoms with Gasteiger partial charge in [-0.3, -0.25) is 9.55 Å². The molecule has 7 heteroatoms. The monoisotopic (exact) mass is 375 g/mol. The van der Waals surface area contributed by atoms with Gasteiger partial charge in [0, 0.05) is 49.0 Å². The molecule has 0 spiro atoms. The van der Waals surface area contributed by atoms with Gasteiger partial charge < -0.3 is 10.2 Å². The summed E-state index contributed by atoms with van der Waals surface area (Å²) in [5.41, 5.74) is 2.03. The van der Waals surface area contributed by atoms with Crippen LogP contribution in [0, 0.1) is 0 Å². The number of imidazole rings is 1. The van der Waals surface area contributed by atoms with Crippen LogP contribution in [0.25, 0.3) is 17.3 Å². The second-order valence-corrected chi connectivity index (χ2v) is 7.55. The van der Waals surface area contributed by atoms with Gasteiger partial charge in [0.05, 0.1) is 11.9 Å². The molecule has 1 atom stereocenters. The molecule has 144 valence electrons. The highest BCUT2D eigenvalue weighted by Gasteiger charge is 2.34. The first-order valence-electron chi connectivity index (χ1n) is 10.2. The van der Waals surface area contributed by atoms with Crippen LogP contribution < -0.4 is 10.2 Å². The lowest BCUT2D eigenvalue weighted by Gasteiger charge is -2.42. The van der Waals surface area contributed by atoms with Crippen molar-refractivity contribution in [1.82, 2.24) is 24.5 Å². The van der Waals surface area contributed by atoms with Gasteiger partial charge in [0.2, 0.25) is 5.95 Å². The van der Waals surface area contributed by atoms with Crippen LogP contribution >= 0.6 is 0 Å². The van der Waals surface area contributed by atoms with Crippen molar-refractivity contribution in [2.45, 2.75) is 51.1 Å². The van der Waals surface area contributed by atoms with Crippen LogP contribution in [-0.4, -0.2) is 43.1 Å². The van der Waals surface area contributed by atoms with E-state index in [0.29, 0.717) is 18.0 Å². The molecule has 2 aliphatic rings. The minimum atomic E-state index is 0.473. The predicted molar refractivity (Wildman–Crippen MR) is 110 cm³/mol. The summed E-state index contributed by atoms with van der Waals surface area (Å²) in [6, 6.07) is 4.96. The van der Waals surface area contributed by atoms with Gasteiger partial charge in [-0.05, 0) is 31.4 Å². The number of hydrogen-bond acceptors (Lipinski definition) is 6. The number of nitrogens with one attached hydrogen (secondary N) is 1. The van der Waals surface area contributed by atoms with E-state index in [4.69, 9.17) is 4.98 Å². The number of pyridine rings is 1. The van der Waals surface area contributed by atoms with Gasteiger partial charge in [0.1, 0.15) is 5.82 Å². The lowest BCUT2D eigenvalue weighted by molar-refractivity contribution is 0.493. The largest absolute Gasteiger partial charge is 0.379 e. The van der Waals surface area contributed by atoms with E-state index in [9.17, 15) is 0 Å². The SMILES string of the molecule is CCC1CNc2cnc(-n3ccnc3-c3ccncc3)nc2N1C1CCCC1. The molecule has 3 aromatic rings. The van der Waals surface area contributed by atoms with Crippen molar-refractivity contribution in [3.63, 3.8) is 0 Å². The Hall–Kier alpha value is -2.96. The highest BCUT2D eigenvalue weighted by atomic mass is 15.3. The molecular formula is C21H25N7. The second-order valence-electron chi connectivity index (χ2n) is 7.55. The highest BCUT2D eigenvalue weighted by molar-refractivity contribution is 5.69. The Morgan fingerprint density at radius 1 is 1.11 bits per heavy atom. The van der Waals surface area contributed by atoms with Crippen LogP contribution in [0.2, 0.25) is 0 Å². The average Bonchev–Trinajstić information content (AvgIpc) is 3.45. The molecule has 0 aromatic carbocycles. The minimum Gasteiger partial charge on any atom is -0.379 e. The third-order valence-corrected chi connectivity index (χ3v) is 5.91. The Kier molecular flexibility index (Phi) is 4.43. The topological polar surface area (TPSA) is 71.8 Å². The Morgan fingerprint density at radius 2 is 1.93 bits per heavy atom. The first kappa shape index (κ1) is 17.2. The first-order valence-corrected chi connectivity index (χ1v) is 10.2. The van der Waals surface area contributed by atoms with Gasteiger partial charge in [0.15, 0.2) is 5.82 Å². The summed E-state index contributed by atoms with van der Waals surface area (Å²) in [6.07, 6.45) is 15.4. The van der Waals surface area contributed by atoms with Crippen LogP contribution in [0.15, 0.2) is 43.1 Å². The molecule has 1 saturated carbocycles. The summed E-state index contributed by atoms with van der Waals surface area (Å²) in [7, 11) is 0. The van der Waals surface area contributed by atoms with Crippen LogP contribution in [0.5, 0.6) is 0 Å². The Morgan fingerprint density at radius 3 is 2.71 bits per heavy atom. The van der Waals surface area contributed by atoms with Crippen molar-refractivity contribution in [3.05, 3.63) is 43.1 Å². The summed E-state index contributed by atoms with van der Waals surface area (Å²) in [5.74, 6) is 2.51. The molecule has 3 aromatic heterocycles. The average molecular weight is 375 g/mol. The highest BCUT2D eigenvalue weighted by Crippen LogP contribution is 2.37. The quantitative estimate of drug-likeness (QED) is 0.750. The summed E-state index contributed by atoms with van der Waals surface area (Å²) in [6.45, 7) is 3.22. The van der Waals surface area contributed by atoms with E-state index in [0.717, 1.165) is 35.9 Å². The molecule has 1 N–H and O–H groups in total. The van der Waals surface area contributed by atoms with Crippen molar-refractivity contribution in [3.8, 4) is 17.3 Å². The third-order valence-electron chi connectivity index (χ3n) is 5.91. The number of rotatable bonds is 4. The van der Waals surface area contributed by atoms with Gasteiger partial charge in [0.25, 0.3) is 0 Å². The zero-order valence-electron chi connectivity index (χ0n) is 16.1. The van der Waals surface area contributed by atoms with Gasteiger partial charge in [-0.1, -0.05) is 19.8 Å². The van der Waals surface area contributed by atoms with Crippen LogP contribution in [0.4, 0.5) is 11.5 Å². The fraction of sp³-hybridized carbons (Fsp3) is 0.429. The number of hydrogen-bond donors (Lipinski definition) is 1. The maximum Gasteiger partial charge on any atom is 0.237 e. The number of aromatic nitrogens is 5. The molecule has 7 nitrogen and oxygen atoms in total. The summed E-state index contributed by atoms with van der Waals surface area (Å²) >= 11 is 0. The lowest BCUT2D eigenvalue weighted by Crippen LogP contribution is -2.49. The minimum absolute atomic E-state index is 0.473. The maximum absolute atomic E-state index is 5.03. The maximum atomic E-state index is 5.03. The molecule has 5 rings (SSSR count). The van der Waals surface area contributed by atoms with Crippen LogP contribution in [0.3, 0.4) is 0 Å². The van der Waals surface area contributed by atoms with Crippen molar-refractivity contribution in [2.75, 3.05) is 16.8 Å². The molecule has 0 amide bonds. The molecule has 0 saturated heterocycles. The molecule has 1 unspecified atom stereocenters. The van der Waals surface area contributed by atoms with Crippen molar-refractivity contribution >= 4 is 11.5 Å². The normalized spacial score (nSPS) is 19.5. The van der Waals surface area contributed by atoms with Crippen molar-refractivity contribution in [1.29, 1.82) is 0 Å². The lowest BCUT2D eigenvalue weighted by atomic mass is 10.1. The van der Waals surface area contributed by atoms with Crippen molar-refractivity contribution < 1.29 is 0 Å². The van der Waals surface area contributed by atoms with E-state index >= 15 is 0 Å². The van der Waals surface area contributed by atoms with Gasteiger partial charge in [-0.25, -0.2) is 9.97 Å². The molecule has 1 aliphatic heterocycles. The zero-order valence-corrected chi connectivity index (χ0v) is 16.1. The molecule has 1 aliphatic carbocycles. The summed E-state index contributed by atoms with van der Waals surface area (Å²) < 4.78 is 1.96. The second kappa shape index (κ2) is 7.22. The van der Waals surface area contributed by atoms with E-state index in [-0.39, 0.29) is 0 Å². The molecule has 4 heterocycles. The first-order chi connectivity index (χ1) is 13.8. The Bertz CT molecular complexity index is 946. The van der Waals surface area contributed by atoms with Gasteiger partial charge >= 0.3 is 0 Å². The predicted octanol–water partition coefficient (Wildman–Crippen LogP) is 3.68. The van der Waals surface area contributed by atoms with Gasteiger partial charge in [-0.2, -0.15) is 4.98 Å². The molecule has 0 radical (unpaired) electrons. The van der Waals surface area contributed by atoms with Crippen LogP contribution in [-0.2, 0) is 0 Å². The van der Waals surface area contributed by atoms with E-state index in [1.165, 1.54) is 25.7 Å². The summed E-state index contributed by atoms with van der Waals surface area (Å²) in [5, 5.41) is 3.54. The number of fused-ring (bicyclic) bond motifs is 1. The van der Waals surface area contributed by atoms with E-state index in [1.807, 2.05) is 29.1 Å². The molecule has 1 fully saturated rings. The van der Waals surface area contributed by atoms with Crippen molar-refractivity contribution in [2.24, 2.45) is 0 Å². The van der Waals surface area contributed by atoms with Gasteiger partial charge in [-0.15, -0.1) is 0 Å².